The van der Waals surface area contributed by atoms with Crippen molar-refractivity contribution in [1.29, 1.82) is 0 Å². The average Bonchev–Trinajstić information content (AvgIpc) is 2.27. The molecule has 4 nitrogen and oxygen atoms in total. The third-order valence-electron chi connectivity index (χ3n) is 1.98. The molecule has 0 heterocycles. The molecule has 0 aliphatic carbocycles. The summed E-state index contributed by atoms with van der Waals surface area (Å²) >= 11 is 0. The van der Waals surface area contributed by atoms with Crippen LogP contribution in [0.5, 0.6) is 0 Å². The molecule has 1 unspecified atom stereocenters. The minimum absolute atomic E-state index is 0.330. The van der Waals surface area contributed by atoms with Crippen molar-refractivity contribution in [2.45, 2.75) is 20.0 Å². The molecular formula is C12H17NO3. The number of ether oxygens (including phenoxy) is 1. The van der Waals surface area contributed by atoms with Gasteiger partial charge >= 0.3 is 5.97 Å². The first-order valence-corrected chi connectivity index (χ1v) is 5.32. The second kappa shape index (κ2) is 6.12. The molecule has 16 heavy (non-hydrogen) atoms. The van der Waals surface area contributed by atoms with Crippen LogP contribution in [0.2, 0.25) is 0 Å². The normalized spacial score (nSPS) is 11.9. The van der Waals surface area contributed by atoms with Crippen LogP contribution >= 0.6 is 0 Å². The maximum atomic E-state index is 11.4. The molecule has 0 spiro atoms. The molecule has 0 radical (unpaired) electrons. The van der Waals surface area contributed by atoms with Crippen molar-refractivity contribution in [3.8, 4) is 0 Å². The number of carbonyl (C=O) groups excluding carboxylic acids is 1. The predicted molar refractivity (Wildman–Crippen MR) is 62.6 cm³/mol. The molecule has 0 aliphatic rings. The molecule has 1 aromatic carbocycles. The SMILES string of the molecule is CCOC(=O)c1cccc(NCC(C)O)c1. The number of hydrogen-bond acceptors (Lipinski definition) is 4. The summed E-state index contributed by atoms with van der Waals surface area (Å²) in [5.41, 5.74) is 1.31. The van der Waals surface area contributed by atoms with Gasteiger partial charge in [-0.25, -0.2) is 4.79 Å². The topological polar surface area (TPSA) is 58.6 Å². The van der Waals surface area contributed by atoms with Crippen molar-refractivity contribution in [1.82, 2.24) is 0 Å². The van der Waals surface area contributed by atoms with E-state index in [0.29, 0.717) is 18.7 Å². The van der Waals surface area contributed by atoms with Crippen molar-refractivity contribution < 1.29 is 14.6 Å². The summed E-state index contributed by atoms with van der Waals surface area (Å²) < 4.78 is 4.89. The zero-order valence-electron chi connectivity index (χ0n) is 9.56. The van der Waals surface area contributed by atoms with E-state index < -0.39 is 6.10 Å². The molecule has 1 atom stereocenters. The van der Waals surface area contributed by atoms with Gasteiger partial charge in [0.15, 0.2) is 0 Å². The molecule has 0 saturated heterocycles. The van der Waals surface area contributed by atoms with Crippen LogP contribution in [0.15, 0.2) is 24.3 Å². The number of aliphatic hydroxyl groups excluding tert-OH is 1. The Kier molecular flexibility index (Phi) is 4.79. The van der Waals surface area contributed by atoms with E-state index in [1.807, 2.05) is 6.07 Å². The van der Waals surface area contributed by atoms with E-state index in [2.05, 4.69) is 5.32 Å². The molecule has 0 aliphatic heterocycles. The highest BCUT2D eigenvalue weighted by molar-refractivity contribution is 5.90. The number of carbonyl (C=O) groups is 1. The lowest BCUT2D eigenvalue weighted by Gasteiger charge is -2.09. The van der Waals surface area contributed by atoms with Crippen molar-refractivity contribution in [3.63, 3.8) is 0 Å². The lowest BCUT2D eigenvalue weighted by Crippen LogP contribution is -2.15. The molecule has 0 saturated carbocycles. The quantitative estimate of drug-likeness (QED) is 0.745. The zero-order chi connectivity index (χ0) is 12.0. The fourth-order valence-electron chi connectivity index (χ4n) is 1.24. The molecule has 0 fully saturated rings. The molecule has 1 aromatic rings. The maximum absolute atomic E-state index is 11.4. The molecule has 0 bridgehead atoms. The number of rotatable bonds is 5. The van der Waals surface area contributed by atoms with Crippen LogP contribution < -0.4 is 5.32 Å². The fourth-order valence-corrected chi connectivity index (χ4v) is 1.24. The van der Waals surface area contributed by atoms with Gasteiger partial charge in [-0.15, -0.1) is 0 Å². The highest BCUT2D eigenvalue weighted by Crippen LogP contribution is 2.11. The second-order valence-corrected chi connectivity index (χ2v) is 3.53. The Hall–Kier alpha value is -1.55. The van der Waals surface area contributed by atoms with E-state index in [-0.39, 0.29) is 5.97 Å². The summed E-state index contributed by atoms with van der Waals surface area (Å²) in [5, 5.41) is 12.1. The van der Waals surface area contributed by atoms with Gasteiger partial charge in [0.05, 0.1) is 18.3 Å². The highest BCUT2D eigenvalue weighted by atomic mass is 16.5. The van der Waals surface area contributed by atoms with Gasteiger partial charge in [0.1, 0.15) is 0 Å². The van der Waals surface area contributed by atoms with Crippen LogP contribution in [-0.2, 0) is 4.74 Å². The summed E-state index contributed by atoms with van der Waals surface area (Å²) in [6, 6.07) is 7.02. The van der Waals surface area contributed by atoms with Crippen LogP contribution in [0.1, 0.15) is 24.2 Å². The van der Waals surface area contributed by atoms with Crippen LogP contribution in [0.3, 0.4) is 0 Å². The van der Waals surface area contributed by atoms with E-state index in [9.17, 15) is 4.79 Å². The summed E-state index contributed by atoms with van der Waals surface area (Å²) in [6.45, 7) is 4.28. The minimum atomic E-state index is -0.425. The van der Waals surface area contributed by atoms with Crippen molar-refractivity contribution in [2.24, 2.45) is 0 Å². The van der Waals surface area contributed by atoms with Crippen LogP contribution in [0.4, 0.5) is 5.69 Å². The third kappa shape index (κ3) is 3.90. The Morgan fingerprint density at radius 2 is 2.31 bits per heavy atom. The number of anilines is 1. The molecule has 1 rings (SSSR count). The summed E-state index contributed by atoms with van der Waals surface area (Å²) in [7, 11) is 0. The second-order valence-electron chi connectivity index (χ2n) is 3.53. The molecule has 0 amide bonds. The number of benzene rings is 1. The van der Waals surface area contributed by atoms with Gasteiger partial charge in [-0.2, -0.15) is 0 Å². The van der Waals surface area contributed by atoms with Gasteiger partial charge in [0, 0.05) is 12.2 Å². The van der Waals surface area contributed by atoms with Gasteiger partial charge in [0.25, 0.3) is 0 Å². The van der Waals surface area contributed by atoms with Crippen LogP contribution in [-0.4, -0.2) is 30.3 Å². The smallest absolute Gasteiger partial charge is 0.338 e. The van der Waals surface area contributed by atoms with Crippen LogP contribution in [0, 0.1) is 0 Å². The van der Waals surface area contributed by atoms with Gasteiger partial charge in [0.2, 0.25) is 0 Å². The summed E-state index contributed by atoms with van der Waals surface area (Å²) in [5.74, 6) is -0.330. The molecule has 2 N–H and O–H groups in total. The predicted octanol–water partition coefficient (Wildman–Crippen LogP) is 1.66. The number of hydrogen-bond donors (Lipinski definition) is 2. The van der Waals surface area contributed by atoms with Gasteiger partial charge in [-0.1, -0.05) is 6.07 Å². The number of nitrogens with one attached hydrogen (secondary N) is 1. The van der Waals surface area contributed by atoms with Gasteiger partial charge in [-0.05, 0) is 32.0 Å². The summed E-state index contributed by atoms with van der Waals surface area (Å²) in [4.78, 5) is 11.4. The first kappa shape index (κ1) is 12.5. The van der Waals surface area contributed by atoms with Crippen molar-refractivity contribution >= 4 is 11.7 Å². The first-order valence-electron chi connectivity index (χ1n) is 5.32. The van der Waals surface area contributed by atoms with E-state index >= 15 is 0 Å². The highest BCUT2D eigenvalue weighted by Gasteiger charge is 2.06. The first-order chi connectivity index (χ1) is 7.63. The Balaban J connectivity index is 2.67. The lowest BCUT2D eigenvalue weighted by molar-refractivity contribution is 0.0526. The maximum Gasteiger partial charge on any atom is 0.338 e. The van der Waals surface area contributed by atoms with Gasteiger partial charge < -0.3 is 15.2 Å². The summed E-state index contributed by atoms with van der Waals surface area (Å²) in [6.07, 6.45) is -0.425. The van der Waals surface area contributed by atoms with Crippen LogP contribution in [0.25, 0.3) is 0 Å². The number of aliphatic hydroxyl groups is 1. The van der Waals surface area contributed by atoms with Gasteiger partial charge in [-0.3, -0.25) is 0 Å². The monoisotopic (exact) mass is 223 g/mol. The third-order valence-corrected chi connectivity index (χ3v) is 1.98. The number of esters is 1. The molecule has 0 aromatic heterocycles. The Labute approximate surface area is 95.2 Å². The standard InChI is InChI=1S/C12H17NO3/c1-3-16-12(15)10-5-4-6-11(7-10)13-8-9(2)14/h4-7,9,13-14H,3,8H2,1-2H3. The van der Waals surface area contributed by atoms with E-state index in [1.165, 1.54) is 0 Å². The molecule has 88 valence electrons. The average molecular weight is 223 g/mol. The minimum Gasteiger partial charge on any atom is -0.462 e. The Bertz CT molecular complexity index is 350. The molecule has 4 heteroatoms. The van der Waals surface area contributed by atoms with E-state index in [0.717, 1.165) is 5.69 Å². The Morgan fingerprint density at radius 1 is 1.56 bits per heavy atom. The van der Waals surface area contributed by atoms with E-state index in [4.69, 9.17) is 9.84 Å². The largest absolute Gasteiger partial charge is 0.462 e. The fraction of sp³-hybridized carbons (Fsp3) is 0.417. The van der Waals surface area contributed by atoms with Crippen molar-refractivity contribution in [3.05, 3.63) is 29.8 Å². The van der Waals surface area contributed by atoms with E-state index in [1.54, 1.807) is 32.0 Å². The Morgan fingerprint density at radius 3 is 2.94 bits per heavy atom. The van der Waals surface area contributed by atoms with Crippen molar-refractivity contribution in [2.75, 3.05) is 18.5 Å². The zero-order valence-corrected chi connectivity index (χ0v) is 9.56. The lowest BCUT2D eigenvalue weighted by atomic mass is 10.2. The molecular weight excluding hydrogens is 206 g/mol.